The lowest BCUT2D eigenvalue weighted by Gasteiger charge is -2.12. The number of nitrogens with one attached hydrogen (secondary N) is 1. The Labute approximate surface area is 180 Å². The van der Waals surface area contributed by atoms with Crippen LogP contribution in [0.25, 0.3) is 28.6 Å². The SMILES string of the molecule is O=C(O)/C(=C/c1ccco1)Nc1ncc(-c2cccc(O)c2)nc1-c1cnnc(Cl)c1. The summed E-state index contributed by atoms with van der Waals surface area (Å²) in [5, 5.41) is 29.9. The number of anilines is 1. The van der Waals surface area contributed by atoms with Crippen LogP contribution in [0.1, 0.15) is 5.76 Å². The van der Waals surface area contributed by atoms with Crippen LogP contribution in [0.3, 0.4) is 0 Å². The minimum absolute atomic E-state index is 0.0752. The predicted octanol–water partition coefficient (Wildman–Crippen LogP) is 4.09. The smallest absolute Gasteiger partial charge is 0.352 e. The first-order valence-corrected chi connectivity index (χ1v) is 9.28. The maximum Gasteiger partial charge on any atom is 0.352 e. The van der Waals surface area contributed by atoms with Crippen molar-refractivity contribution in [3.8, 4) is 28.3 Å². The molecule has 0 aliphatic carbocycles. The first kappa shape index (κ1) is 20.0. The molecule has 9 nitrogen and oxygen atoms in total. The fourth-order valence-corrected chi connectivity index (χ4v) is 2.91. The Bertz CT molecular complexity index is 1270. The highest BCUT2D eigenvalue weighted by Gasteiger charge is 2.17. The molecule has 3 heterocycles. The molecular weight excluding hydrogens is 422 g/mol. The van der Waals surface area contributed by atoms with E-state index >= 15 is 0 Å². The fraction of sp³-hybridized carbons (Fsp3) is 0. The van der Waals surface area contributed by atoms with Gasteiger partial charge >= 0.3 is 5.97 Å². The van der Waals surface area contributed by atoms with Crippen LogP contribution in [0.4, 0.5) is 5.82 Å². The summed E-state index contributed by atoms with van der Waals surface area (Å²) in [5.74, 6) is -0.629. The molecule has 0 fully saturated rings. The number of carboxylic acids is 1. The number of aromatic hydroxyl groups is 1. The molecule has 0 saturated carbocycles. The van der Waals surface area contributed by atoms with E-state index in [1.54, 1.807) is 30.3 Å². The van der Waals surface area contributed by atoms with E-state index < -0.39 is 5.97 Å². The van der Waals surface area contributed by atoms with Gasteiger partial charge in [-0.3, -0.25) is 0 Å². The molecule has 4 rings (SSSR count). The number of aliphatic carboxylic acids is 1. The van der Waals surface area contributed by atoms with Crippen molar-refractivity contribution in [1.29, 1.82) is 0 Å². The molecule has 0 amide bonds. The Morgan fingerprint density at radius 1 is 1.13 bits per heavy atom. The van der Waals surface area contributed by atoms with Gasteiger partial charge in [0.2, 0.25) is 0 Å². The van der Waals surface area contributed by atoms with E-state index in [0.29, 0.717) is 28.3 Å². The number of carboxylic acid groups (broad SMARTS) is 1. The van der Waals surface area contributed by atoms with E-state index in [4.69, 9.17) is 16.0 Å². The molecule has 3 aromatic heterocycles. The average molecular weight is 436 g/mol. The Balaban J connectivity index is 1.82. The monoisotopic (exact) mass is 435 g/mol. The predicted molar refractivity (Wildman–Crippen MR) is 113 cm³/mol. The van der Waals surface area contributed by atoms with E-state index in [0.717, 1.165) is 0 Å². The molecule has 3 N–H and O–H groups in total. The summed E-state index contributed by atoms with van der Waals surface area (Å²) in [6.45, 7) is 0. The van der Waals surface area contributed by atoms with Crippen molar-refractivity contribution in [2.45, 2.75) is 0 Å². The first-order chi connectivity index (χ1) is 15.0. The second kappa shape index (κ2) is 8.64. The van der Waals surface area contributed by atoms with Gasteiger partial charge in [-0.2, -0.15) is 5.10 Å². The third-order valence-corrected chi connectivity index (χ3v) is 4.31. The lowest BCUT2D eigenvalue weighted by Crippen LogP contribution is -2.12. The van der Waals surface area contributed by atoms with Gasteiger partial charge in [0.25, 0.3) is 0 Å². The zero-order valence-electron chi connectivity index (χ0n) is 15.7. The van der Waals surface area contributed by atoms with Gasteiger partial charge < -0.3 is 19.9 Å². The van der Waals surface area contributed by atoms with Gasteiger partial charge in [0.1, 0.15) is 22.9 Å². The normalized spacial score (nSPS) is 11.3. The van der Waals surface area contributed by atoms with Crippen molar-refractivity contribution in [3.05, 3.63) is 77.7 Å². The first-order valence-electron chi connectivity index (χ1n) is 8.90. The van der Waals surface area contributed by atoms with E-state index in [9.17, 15) is 15.0 Å². The molecule has 0 aliphatic rings. The highest BCUT2D eigenvalue weighted by Crippen LogP contribution is 2.30. The lowest BCUT2D eigenvalue weighted by atomic mass is 10.1. The van der Waals surface area contributed by atoms with Gasteiger partial charge in [-0.1, -0.05) is 23.7 Å². The molecule has 0 bridgehead atoms. The van der Waals surface area contributed by atoms with Crippen molar-refractivity contribution in [1.82, 2.24) is 20.2 Å². The average Bonchev–Trinajstić information content (AvgIpc) is 3.26. The van der Waals surface area contributed by atoms with Gasteiger partial charge in [0.05, 0.1) is 24.4 Å². The Morgan fingerprint density at radius 3 is 2.71 bits per heavy atom. The molecule has 0 spiro atoms. The van der Waals surface area contributed by atoms with Crippen LogP contribution >= 0.6 is 11.6 Å². The molecule has 0 unspecified atom stereocenters. The summed E-state index contributed by atoms with van der Waals surface area (Å²) >= 11 is 5.98. The number of rotatable bonds is 6. The summed E-state index contributed by atoms with van der Waals surface area (Å²) in [6, 6.07) is 11.3. The number of carbonyl (C=O) groups is 1. The summed E-state index contributed by atoms with van der Waals surface area (Å²) in [6.07, 6.45) is 5.66. The zero-order valence-corrected chi connectivity index (χ0v) is 16.5. The summed E-state index contributed by atoms with van der Waals surface area (Å²) in [5.41, 5.74) is 1.67. The number of nitrogens with zero attached hydrogens (tertiary/aromatic N) is 4. The minimum Gasteiger partial charge on any atom is -0.508 e. The Morgan fingerprint density at radius 2 is 2.00 bits per heavy atom. The van der Waals surface area contributed by atoms with Crippen LogP contribution < -0.4 is 5.32 Å². The van der Waals surface area contributed by atoms with E-state index in [-0.39, 0.29) is 22.4 Å². The summed E-state index contributed by atoms with van der Waals surface area (Å²) in [4.78, 5) is 20.7. The lowest BCUT2D eigenvalue weighted by molar-refractivity contribution is -0.132. The molecule has 0 radical (unpaired) electrons. The van der Waals surface area contributed by atoms with Crippen LogP contribution in [0.2, 0.25) is 5.15 Å². The third-order valence-electron chi connectivity index (χ3n) is 4.13. The molecule has 0 saturated heterocycles. The molecule has 4 aromatic rings. The van der Waals surface area contributed by atoms with Crippen LogP contribution in [0, 0.1) is 0 Å². The van der Waals surface area contributed by atoms with E-state index in [2.05, 4.69) is 25.5 Å². The fourth-order valence-electron chi connectivity index (χ4n) is 2.75. The highest BCUT2D eigenvalue weighted by atomic mass is 35.5. The molecule has 1 aromatic carbocycles. The third kappa shape index (κ3) is 4.68. The van der Waals surface area contributed by atoms with Crippen LogP contribution in [0.15, 0.2) is 71.2 Å². The van der Waals surface area contributed by atoms with E-state index in [1.807, 2.05) is 0 Å². The quantitative estimate of drug-likeness (QED) is 0.382. The Hall–Kier alpha value is -4.24. The summed E-state index contributed by atoms with van der Waals surface area (Å²) in [7, 11) is 0. The maximum absolute atomic E-state index is 11.8. The maximum atomic E-state index is 11.8. The highest BCUT2D eigenvalue weighted by molar-refractivity contribution is 6.29. The number of hydrogen-bond donors (Lipinski definition) is 3. The molecule has 10 heteroatoms. The van der Waals surface area contributed by atoms with Crippen molar-refractivity contribution < 1.29 is 19.4 Å². The van der Waals surface area contributed by atoms with Crippen molar-refractivity contribution in [2.75, 3.05) is 5.32 Å². The second-order valence-corrected chi connectivity index (χ2v) is 6.66. The van der Waals surface area contributed by atoms with Crippen LogP contribution in [0.5, 0.6) is 5.75 Å². The largest absolute Gasteiger partial charge is 0.508 e. The molecular formula is C21H14ClN5O4. The van der Waals surface area contributed by atoms with Crippen LogP contribution in [-0.4, -0.2) is 36.3 Å². The van der Waals surface area contributed by atoms with E-state index in [1.165, 1.54) is 36.9 Å². The molecule has 31 heavy (non-hydrogen) atoms. The minimum atomic E-state index is -1.22. The number of benzene rings is 1. The number of phenols is 1. The van der Waals surface area contributed by atoms with Crippen molar-refractivity contribution in [2.24, 2.45) is 0 Å². The number of phenolic OH excluding ortho intramolecular Hbond substituents is 1. The molecule has 0 aliphatic heterocycles. The number of halogens is 1. The van der Waals surface area contributed by atoms with Crippen molar-refractivity contribution >= 4 is 29.5 Å². The summed E-state index contributed by atoms with van der Waals surface area (Å²) < 4.78 is 5.20. The number of hydrogen-bond acceptors (Lipinski definition) is 8. The number of furan rings is 1. The number of aromatic nitrogens is 4. The zero-order chi connectivity index (χ0) is 21.8. The van der Waals surface area contributed by atoms with Gasteiger partial charge in [0.15, 0.2) is 11.0 Å². The van der Waals surface area contributed by atoms with Gasteiger partial charge in [0, 0.05) is 17.2 Å². The molecule has 0 atom stereocenters. The van der Waals surface area contributed by atoms with Crippen LogP contribution in [-0.2, 0) is 4.79 Å². The standard InChI is InChI=1S/C21H14ClN5O4/c22-18-8-13(10-24-27-18)19-20(26-16(21(29)30)9-15-5-2-6-31-15)23-11-17(25-19)12-3-1-4-14(28)7-12/h1-11,28H,(H,23,26)(H,29,30)/b16-9-. The van der Waals surface area contributed by atoms with Gasteiger partial charge in [-0.25, -0.2) is 14.8 Å². The second-order valence-electron chi connectivity index (χ2n) is 6.27. The topological polar surface area (TPSA) is 134 Å². The molecule has 154 valence electrons. The van der Waals surface area contributed by atoms with Crippen molar-refractivity contribution in [3.63, 3.8) is 0 Å². The van der Waals surface area contributed by atoms with Gasteiger partial charge in [-0.15, -0.1) is 5.10 Å². The van der Waals surface area contributed by atoms with Gasteiger partial charge in [-0.05, 0) is 30.3 Å². The Kier molecular flexibility index (Phi) is 5.59.